The van der Waals surface area contributed by atoms with E-state index in [9.17, 15) is 9.59 Å². The van der Waals surface area contributed by atoms with Crippen molar-refractivity contribution >= 4 is 27.7 Å². The van der Waals surface area contributed by atoms with E-state index in [2.05, 4.69) is 26.8 Å². The number of rotatable bonds is 4. The van der Waals surface area contributed by atoms with E-state index in [0.29, 0.717) is 22.6 Å². The van der Waals surface area contributed by atoms with E-state index in [1.807, 2.05) is 30.3 Å². The largest absolute Gasteiger partial charge is 0.457 e. The van der Waals surface area contributed by atoms with Gasteiger partial charge in [0.1, 0.15) is 11.5 Å². The number of carbonyl (C=O) groups is 2. The molecule has 6 heteroatoms. The molecule has 0 atom stereocenters. The zero-order chi connectivity index (χ0) is 18.4. The quantitative estimate of drug-likeness (QED) is 0.629. The third kappa shape index (κ3) is 4.70. The van der Waals surface area contributed by atoms with Crippen LogP contribution in [0.15, 0.2) is 83.3 Å². The van der Waals surface area contributed by atoms with Crippen molar-refractivity contribution in [3.8, 4) is 11.5 Å². The highest BCUT2D eigenvalue weighted by atomic mass is 79.9. The highest BCUT2D eigenvalue weighted by Gasteiger charge is 2.09. The molecule has 0 aliphatic rings. The van der Waals surface area contributed by atoms with Crippen LogP contribution in [0.4, 0.5) is 0 Å². The normalized spacial score (nSPS) is 10.0. The minimum absolute atomic E-state index is 0.394. The van der Waals surface area contributed by atoms with E-state index in [-0.39, 0.29) is 0 Å². The summed E-state index contributed by atoms with van der Waals surface area (Å²) in [5.41, 5.74) is 5.62. The maximum atomic E-state index is 12.1. The van der Waals surface area contributed by atoms with Gasteiger partial charge in [-0.1, -0.05) is 34.1 Å². The van der Waals surface area contributed by atoms with Crippen molar-refractivity contribution in [3.63, 3.8) is 0 Å². The van der Waals surface area contributed by atoms with Crippen LogP contribution in [-0.4, -0.2) is 11.8 Å². The topological polar surface area (TPSA) is 67.4 Å². The van der Waals surface area contributed by atoms with Gasteiger partial charge in [0.25, 0.3) is 11.8 Å². The molecule has 3 aromatic carbocycles. The molecule has 0 saturated carbocycles. The van der Waals surface area contributed by atoms with Gasteiger partial charge < -0.3 is 4.74 Å². The van der Waals surface area contributed by atoms with Crippen molar-refractivity contribution in [2.24, 2.45) is 0 Å². The van der Waals surface area contributed by atoms with Crippen LogP contribution in [-0.2, 0) is 0 Å². The van der Waals surface area contributed by atoms with Gasteiger partial charge in [-0.15, -0.1) is 0 Å². The van der Waals surface area contributed by atoms with Crippen LogP contribution in [0.3, 0.4) is 0 Å². The first-order valence-corrected chi connectivity index (χ1v) is 8.60. The molecule has 2 N–H and O–H groups in total. The number of hydrogen-bond acceptors (Lipinski definition) is 3. The molecule has 3 aromatic rings. The average Bonchev–Trinajstić information content (AvgIpc) is 2.68. The molecule has 0 aromatic heterocycles. The van der Waals surface area contributed by atoms with Crippen LogP contribution < -0.4 is 15.6 Å². The molecule has 0 aliphatic carbocycles. The first kappa shape index (κ1) is 17.7. The average molecular weight is 411 g/mol. The molecule has 0 bridgehead atoms. The molecule has 5 nitrogen and oxygen atoms in total. The maximum Gasteiger partial charge on any atom is 0.269 e. The number of carbonyl (C=O) groups excluding carboxylic acids is 2. The predicted octanol–water partition coefficient (Wildman–Crippen LogP) is 4.32. The summed E-state index contributed by atoms with van der Waals surface area (Å²) in [6.07, 6.45) is 0. The molecule has 0 aliphatic heterocycles. The van der Waals surface area contributed by atoms with E-state index in [0.717, 1.165) is 4.47 Å². The molecule has 130 valence electrons. The van der Waals surface area contributed by atoms with E-state index in [4.69, 9.17) is 4.74 Å². The molecule has 2 amide bonds. The van der Waals surface area contributed by atoms with Crippen molar-refractivity contribution < 1.29 is 14.3 Å². The molecule has 0 unspecified atom stereocenters. The Hall–Kier alpha value is -3.12. The second-order valence-electron chi connectivity index (χ2n) is 5.35. The summed E-state index contributed by atoms with van der Waals surface area (Å²) < 4.78 is 6.54. The standard InChI is InChI=1S/C20H15BrN2O3/c21-16-10-6-14(7-11-16)19(24)22-23-20(25)15-8-12-18(13-9-15)26-17-4-2-1-3-5-17/h1-13H,(H,22,24)(H,23,25). The number of benzene rings is 3. The lowest BCUT2D eigenvalue weighted by atomic mass is 10.2. The molecule has 26 heavy (non-hydrogen) atoms. The summed E-state index contributed by atoms with van der Waals surface area (Å²) in [6.45, 7) is 0. The van der Waals surface area contributed by atoms with Crippen molar-refractivity contribution in [1.82, 2.24) is 10.9 Å². The van der Waals surface area contributed by atoms with E-state index < -0.39 is 11.8 Å². The Morgan fingerprint density at radius 3 is 1.65 bits per heavy atom. The highest BCUT2D eigenvalue weighted by molar-refractivity contribution is 9.10. The van der Waals surface area contributed by atoms with Crippen LogP contribution in [0.25, 0.3) is 0 Å². The Bertz CT molecular complexity index is 895. The number of halogens is 1. The van der Waals surface area contributed by atoms with Gasteiger partial charge in [0.05, 0.1) is 0 Å². The fourth-order valence-electron chi connectivity index (χ4n) is 2.16. The lowest BCUT2D eigenvalue weighted by Gasteiger charge is -2.09. The van der Waals surface area contributed by atoms with Gasteiger partial charge in [0.2, 0.25) is 0 Å². The van der Waals surface area contributed by atoms with Crippen molar-refractivity contribution in [1.29, 1.82) is 0 Å². The number of hydrogen-bond donors (Lipinski definition) is 2. The van der Waals surface area contributed by atoms with Gasteiger partial charge in [-0.25, -0.2) is 0 Å². The number of para-hydroxylation sites is 1. The van der Waals surface area contributed by atoms with Crippen LogP contribution in [0, 0.1) is 0 Å². The third-order valence-electron chi connectivity index (χ3n) is 3.49. The Morgan fingerprint density at radius 1 is 0.654 bits per heavy atom. The van der Waals surface area contributed by atoms with Crippen LogP contribution >= 0.6 is 15.9 Å². The number of amides is 2. The third-order valence-corrected chi connectivity index (χ3v) is 4.02. The fraction of sp³-hybridized carbons (Fsp3) is 0. The van der Waals surface area contributed by atoms with Gasteiger partial charge >= 0.3 is 0 Å². The molecule has 3 rings (SSSR count). The summed E-state index contributed by atoms with van der Waals surface area (Å²) >= 11 is 3.30. The summed E-state index contributed by atoms with van der Waals surface area (Å²) in [7, 11) is 0. The summed E-state index contributed by atoms with van der Waals surface area (Å²) in [4.78, 5) is 24.1. The van der Waals surface area contributed by atoms with E-state index >= 15 is 0 Å². The van der Waals surface area contributed by atoms with Crippen molar-refractivity contribution in [2.75, 3.05) is 0 Å². The Kier molecular flexibility index (Phi) is 5.66. The van der Waals surface area contributed by atoms with Gasteiger partial charge in [0.15, 0.2) is 0 Å². The monoisotopic (exact) mass is 410 g/mol. The number of nitrogens with one attached hydrogen (secondary N) is 2. The predicted molar refractivity (Wildman–Crippen MR) is 102 cm³/mol. The second-order valence-corrected chi connectivity index (χ2v) is 6.27. The van der Waals surface area contributed by atoms with Crippen LogP contribution in [0.5, 0.6) is 11.5 Å². The van der Waals surface area contributed by atoms with E-state index in [1.165, 1.54) is 0 Å². The van der Waals surface area contributed by atoms with Gasteiger partial charge in [-0.3, -0.25) is 20.4 Å². The molecular formula is C20H15BrN2O3. The first-order chi connectivity index (χ1) is 12.6. The smallest absolute Gasteiger partial charge is 0.269 e. The van der Waals surface area contributed by atoms with Gasteiger partial charge in [-0.05, 0) is 60.7 Å². The van der Waals surface area contributed by atoms with Crippen LogP contribution in [0.1, 0.15) is 20.7 Å². The summed E-state index contributed by atoms with van der Waals surface area (Å²) in [5, 5.41) is 0. The Morgan fingerprint density at radius 2 is 1.12 bits per heavy atom. The lowest BCUT2D eigenvalue weighted by molar-refractivity contribution is 0.0846. The fourth-order valence-corrected chi connectivity index (χ4v) is 2.42. The Balaban J connectivity index is 1.56. The van der Waals surface area contributed by atoms with Crippen molar-refractivity contribution in [2.45, 2.75) is 0 Å². The number of ether oxygens (including phenoxy) is 1. The SMILES string of the molecule is O=C(NNC(=O)c1ccc(Oc2ccccc2)cc1)c1ccc(Br)cc1. The Labute approximate surface area is 159 Å². The molecule has 0 heterocycles. The highest BCUT2D eigenvalue weighted by Crippen LogP contribution is 2.21. The minimum Gasteiger partial charge on any atom is -0.457 e. The zero-order valence-corrected chi connectivity index (χ0v) is 15.2. The van der Waals surface area contributed by atoms with Crippen LogP contribution in [0.2, 0.25) is 0 Å². The first-order valence-electron chi connectivity index (χ1n) is 7.81. The minimum atomic E-state index is -0.415. The molecule has 0 fully saturated rings. The van der Waals surface area contributed by atoms with Gasteiger partial charge in [0, 0.05) is 15.6 Å². The van der Waals surface area contributed by atoms with Gasteiger partial charge in [-0.2, -0.15) is 0 Å². The zero-order valence-electron chi connectivity index (χ0n) is 13.6. The van der Waals surface area contributed by atoms with Crippen molar-refractivity contribution in [3.05, 3.63) is 94.5 Å². The van der Waals surface area contributed by atoms with E-state index in [1.54, 1.807) is 48.5 Å². The maximum absolute atomic E-state index is 12.1. The second kappa shape index (κ2) is 8.31. The molecule has 0 spiro atoms. The lowest BCUT2D eigenvalue weighted by Crippen LogP contribution is -2.41. The molecule has 0 radical (unpaired) electrons. The molecule has 0 saturated heterocycles. The number of hydrazine groups is 1. The summed E-state index contributed by atoms with van der Waals surface area (Å²) in [6, 6.07) is 22.8. The molecular weight excluding hydrogens is 396 g/mol. The summed E-state index contributed by atoms with van der Waals surface area (Å²) in [5.74, 6) is 0.523.